The van der Waals surface area contributed by atoms with E-state index in [0.717, 1.165) is 64.2 Å². The smallest absolute Gasteiger partial charge is 0.237 e. The van der Waals surface area contributed by atoms with Gasteiger partial charge in [-0.05, 0) is 57.9 Å². The van der Waals surface area contributed by atoms with Crippen LogP contribution >= 0.6 is 0 Å². The van der Waals surface area contributed by atoms with Gasteiger partial charge in [-0.3, -0.25) is 9.59 Å². The number of nitrogens with two attached hydrogens (primary N) is 4. The van der Waals surface area contributed by atoms with Crippen LogP contribution in [-0.2, 0) is 9.59 Å². The van der Waals surface area contributed by atoms with Gasteiger partial charge in [0.05, 0.1) is 31.3 Å². The summed E-state index contributed by atoms with van der Waals surface area (Å²) in [4.78, 5) is 25.4. The highest BCUT2D eigenvalue weighted by molar-refractivity contribution is 5.81. The van der Waals surface area contributed by atoms with Crippen molar-refractivity contribution >= 4 is 11.8 Å². The van der Waals surface area contributed by atoms with Crippen LogP contribution in [0.15, 0.2) is 24.0 Å². The summed E-state index contributed by atoms with van der Waals surface area (Å²) in [6.45, 7) is 5.14. The molecule has 4 atom stereocenters. The van der Waals surface area contributed by atoms with E-state index in [9.17, 15) is 19.8 Å². The van der Waals surface area contributed by atoms with Gasteiger partial charge in [0.15, 0.2) is 0 Å². The summed E-state index contributed by atoms with van der Waals surface area (Å²) in [5.74, 6) is 5.79. The fourth-order valence-corrected chi connectivity index (χ4v) is 7.01. The Morgan fingerprint density at radius 3 is 1.64 bits per heavy atom. The normalized spacial score (nSPS) is 14.2. The maximum Gasteiger partial charge on any atom is 0.237 e. The lowest BCUT2D eigenvalue weighted by Gasteiger charge is -2.30. The molecule has 0 aromatic heterocycles. The van der Waals surface area contributed by atoms with Crippen LogP contribution in [0.2, 0.25) is 0 Å². The van der Waals surface area contributed by atoms with Gasteiger partial charge in [-0.15, -0.1) is 0 Å². The molecule has 0 saturated heterocycles. The van der Waals surface area contributed by atoms with E-state index in [1.165, 1.54) is 120 Å². The number of amides is 2. The number of carbonyl (C=O) groups excluding carboxylic acids is 2. The number of nitrogens with zero attached hydrogens (tertiary/aromatic N) is 1. The Morgan fingerprint density at radius 2 is 1.12 bits per heavy atom. The molecule has 1 unspecified atom stereocenters. The first kappa shape index (κ1) is 53.8. The number of aliphatic hydroxyl groups is 2. The van der Waals surface area contributed by atoms with E-state index >= 15 is 0 Å². The van der Waals surface area contributed by atoms with Gasteiger partial charge >= 0.3 is 0 Å². The fourth-order valence-electron chi connectivity index (χ4n) is 7.01. The van der Waals surface area contributed by atoms with Gasteiger partial charge in [-0.25, -0.2) is 5.84 Å². The molecular formula is C45H91N7O4. The predicted octanol–water partition coefficient (Wildman–Crippen LogP) is 7.87. The van der Waals surface area contributed by atoms with Crippen LogP contribution in [-0.4, -0.2) is 71.0 Å². The number of carbonyl (C=O) groups is 2. The number of hydrazine groups is 1. The number of allylic oxidation sites excluding steroid dienone is 2. The van der Waals surface area contributed by atoms with Crippen molar-refractivity contribution < 1.29 is 19.8 Å². The minimum Gasteiger partial charge on any atom is -0.399 e. The van der Waals surface area contributed by atoms with Gasteiger partial charge < -0.3 is 43.1 Å². The molecule has 0 radical (unpaired) electrons. The van der Waals surface area contributed by atoms with Gasteiger partial charge in [0.1, 0.15) is 6.10 Å². The van der Waals surface area contributed by atoms with E-state index < -0.39 is 24.3 Å². The van der Waals surface area contributed by atoms with Gasteiger partial charge in [0.25, 0.3) is 0 Å². The molecule has 330 valence electrons. The van der Waals surface area contributed by atoms with Crippen LogP contribution < -0.4 is 33.7 Å². The maximum absolute atomic E-state index is 13.0. The number of nitrogens with one attached hydrogen (secondary N) is 2. The lowest BCUT2D eigenvalue weighted by molar-refractivity contribution is -0.124. The Hall–Kier alpha value is -2.18. The van der Waals surface area contributed by atoms with Gasteiger partial charge in [0.2, 0.25) is 11.8 Å². The highest BCUT2D eigenvalue weighted by atomic mass is 16.3. The molecule has 0 aliphatic heterocycles. The summed E-state index contributed by atoms with van der Waals surface area (Å²) in [5.41, 5.74) is 17.9. The second kappa shape index (κ2) is 39.6. The summed E-state index contributed by atoms with van der Waals surface area (Å²) in [7, 11) is 0. The maximum atomic E-state index is 13.0. The molecule has 0 aromatic rings. The Labute approximate surface area is 344 Å². The zero-order chi connectivity index (χ0) is 41.5. The zero-order valence-corrected chi connectivity index (χ0v) is 36.3. The summed E-state index contributed by atoms with van der Waals surface area (Å²) < 4.78 is 0. The van der Waals surface area contributed by atoms with E-state index in [4.69, 9.17) is 23.0 Å². The molecule has 0 aliphatic rings. The Bertz CT molecular complexity index is 967. The first-order valence-corrected chi connectivity index (χ1v) is 23.2. The van der Waals surface area contributed by atoms with Crippen molar-refractivity contribution in [3.8, 4) is 0 Å². The van der Waals surface area contributed by atoms with Crippen molar-refractivity contribution in [1.29, 1.82) is 0 Å². The molecular weight excluding hydrogens is 703 g/mol. The molecule has 0 heterocycles. The molecule has 0 rings (SSSR count). The summed E-state index contributed by atoms with van der Waals surface area (Å²) >= 11 is 0. The van der Waals surface area contributed by atoms with Crippen LogP contribution in [0.1, 0.15) is 206 Å². The van der Waals surface area contributed by atoms with E-state index in [0.29, 0.717) is 31.5 Å². The molecule has 0 fully saturated rings. The van der Waals surface area contributed by atoms with Crippen molar-refractivity contribution in [3.05, 3.63) is 24.0 Å². The third-order valence-electron chi connectivity index (χ3n) is 10.7. The van der Waals surface area contributed by atoms with Gasteiger partial charge in [-0.2, -0.15) is 0 Å². The Kier molecular flexibility index (Phi) is 38.1. The van der Waals surface area contributed by atoms with Crippen LogP contribution in [0.5, 0.6) is 0 Å². The first-order valence-electron chi connectivity index (χ1n) is 23.2. The largest absolute Gasteiger partial charge is 0.399 e. The van der Waals surface area contributed by atoms with E-state index in [-0.39, 0.29) is 24.9 Å². The van der Waals surface area contributed by atoms with Crippen LogP contribution in [0, 0.1) is 0 Å². The molecule has 11 nitrogen and oxygen atoms in total. The van der Waals surface area contributed by atoms with Gasteiger partial charge in [-0.1, -0.05) is 161 Å². The molecule has 0 aliphatic carbocycles. The number of unbranched alkanes of at least 4 members (excludes halogenated alkanes) is 23. The standard InChI is InChI=1S/C45H91N7O4/c1-3-5-7-9-11-13-15-17-18-19-21-23-25-27-29-34-43(54)51-41(38-52(49)37-39(47)36-50-45(56)40(48)32-30-31-35-46)44(55)42(53)33-28-26-24-22-20-16-14-12-10-8-6-4-2/h17-18,37,40-42,44,53,55H,3-16,19-36,38,46-49H2,1-2H3,(H,50,56)(H,51,54)/b18-17-,39-37-/t40?,41-,42+,44-/m0/s1. The van der Waals surface area contributed by atoms with E-state index in [2.05, 4.69) is 36.6 Å². The molecule has 0 bridgehead atoms. The monoisotopic (exact) mass is 794 g/mol. The van der Waals surface area contributed by atoms with Crippen LogP contribution in [0.4, 0.5) is 0 Å². The zero-order valence-electron chi connectivity index (χ0n) is 36.3. The second-order valence-electron chi connectivity index (χ2n) is 16.3. The lowest BCUT2D eigenvalue weighted by Crippen LogP contribution is -2.54. The van der Waals surface area contributed by atoms with Crippen molar-refractivity contribution in [2.24, 2.45) is 23.0 Å². The third kappa shape index (κ3) is 33.9. The highest BCUT2D eigenvalue weighted by Gasteiger charge is 2.28. The van der Waals surface area contributed by atoms with Crippen LogP contribution in [0.3, 0.4) is 0 Å². The number of rotatable bonds is 41. The summed E-state index contributed by atoms with van der Waals surface area (Å²) in [5, 5.41) is 29.2. The Balaban J connectivity index is 4.81. The van der Waals surface area contributed by atoms with E-state index in [1.807, 2.05) is 0 Å². The average molecular weight is 794 g/mol. The summed E-state index contributed by atoms with van der Waals surface area (Å²) in [6.07, 6.45) is 36.8. The summed E-state index contributed by atoms with van der Waals surface area (Å²) in [6, 6.07) is -1.45. The SMILES string of the molecule is CCCCCCCC/C=C\CCCCCCCC(=O)N[C@@H](CN(N)/C=C(\N)CNC(=O)C(N)CCCCN)[C@H](O)[C@H](O)CCCCCCCCCCCCCC. The second-order valence-corrected chi connectivity index (χ2v) is 16.3. The molecule has 0 spiro atoms. The number of hydrogen-bond acceptors (Lipinski definition) is 9. The molecule has 12 N–H and O–H groups in total. The molecule has 56 heavy (non-hydrogen) atoms. The minimum absolute atomic E-state index is 0.0298. The first-order chi connectivity index (χ1) is 27.2. The third-order valence-corrected chi connectivity index (χ3v) is 10.7. The predicted molar refractivity (Wildman–Crippen MR) is 236 cm³/mol. The number of hydrogen-bond donors (Lipinski definition) is 8. The topological polar surface area (TPSA) is 206 Å². The Morgan fingerprint density at radius 1 is 0.661 bits per heavy atom. The minimum atomic E-state index is -1.20. The molecule has 2 amide bonds. The van der Waals surface area contributed by atoms with Crippen LogP contribution in [0.25, 0.3) is 0 Å². The number of aliphatic hydroxyl groups excluding tert-OH is 2. The lowest BCUT2D eigenvalue weighted by atomic mass is 9.98. The molecule has 0 saturated carbocycles. The van der Waals surface area contributed by atoms with Crippen molar-refractivity contribution in [2.75, 3.05) is 19.6 Å². The van der Waals surface area contributed by atoms with Gasteiger partial charge in [0, 0.05) is 18.3 Å². The molecule has 11 heteroatoms. The highest BCUT2D eigenvalue weighted by Crippen LogP contribution is 2.16. The quantitative estimate of drug-likeness (QED) is 0.0131. The van der Waals surface area contributed by atoms with E-state index in [1.54, 1.807) is 0 Å². The van der Waals surface area contributed by atoms with Crippen molar-refractivity contribution in [1.82, 2.24) is 15.6 Å². The fraction of sp³-hybridized carbons (Fsp3) is 0.867. The molecule has 0 aromatic carbocycles. The average Bonchev–Trinajstić information content (AvgIpc) is 3.18. The van der Waals surface area contributed by atoms with Crippen molar-refractivity contribution in [3.63, 3.8) is 0 Å². The van der Waals surface area contributed by atoms with Crippen molar-refractivity contribution in [2.45, 2.75) is 231 Å².